The first-order valence-electron chi connectivity index (χ1n) is 9.58. The Balaban J connectivity index is 1.90. The zero-order valence-corrected chi connectivity index (χ0v) is 17.2. The van der Waals surface area contributed by atoms with Gasteiger partial charge in [0.25, 0.3) is 5.91 Å². The van der Waals surface area contributed by atoms with Crippen LogP contribution in [0.1, 0.15) is 35.7 Å². The normalized spacial score (nSPS) is 27.4. The van der Waals surface area contributed by atoms with Crippen molar-refractivity contribution in [3.05, 3.63) is 45.9 Å². The molecule has 1 amide bonds. The van der Waals surface area contributed by atoms with Crippen LogP contribution in [0.5, 0.6) is 5.75 Å². The molecule has 1 aromatic rings. The summed E-state index contributed by atoms with van der Waals surface area (Å²) < 4.78 is 0. The average Bonchev–Trinajstić information content (AvgIpc) is 2.66. The second kappa shape index (κ2) is 6.89. The number of nitrogens with two attached hydrogens (primary N) is 1. The molecular weight excluding hydrogens is 424 g/mol. The van der Waals surface area contributed by atoms with Crippen LogP contribution >= 0.6 is 12.2 Å². The van der Waals surface area contributed by atoms with Crippen LogP contribution in [0.25, 0.3) is 0 Å². The van der Waals surface area contributed by atoms with Crippen molar-refractivity contribution in [1.82, 2.24) is 0 Å². The lowest BCUT2D eigenvalue weighted by Gasteiger charge is -2.45. The van der Waals surface area contributed by atoms with Crippen LogP contribution in [0.3, 0.4) is 0 Å². The molecule has 0 heterocycles. The van der Waals surface area contributed by atoms with Gasteiger partial charge < -0.3 is 31.5 Å². The van der Waals surface area contributed by atoms with Gasteiger partial charge in [0.1, 0.15) is 22.8 Å². The zero-order valence-electron chi connectivity index (χ0n) is 16.4. The minimum atomic E-state index is -2.56. The highest BCUT2D eigenvalue weighted by molar-refractivity contribution is 7.80. The molecule has 0 fully saturated rings. The van der Waals surface area contributed by atoms with Crippen molar-refractivity contribution in [3.8, 4) is 5.75 Å². The van der Waals surface area contributed by atoms with Crippen LogP contribution in [0.15, 0.2) is 34.8 Å². The number of allylic oxidation sites excluding steroid dienone is 2. The lowest BCUT2D eigenvalue weighted by atomic mass is 9.60. The second-order valence-corrected chi connectivity index (χ2v) is 8.69. The van der Waals surface area contributed by atoms with Gasteiger partial charge >= 0.3 is 0 Å². The fourth-order valence-electron chi connectivity index (χ4n) is 4.93. The number of fused-ring (bicyclic) bond motifs is 3. The number of aromatic hydroxyl groups is 1. The maximum atomic E-state index is 13.3. The first-order valence-corrected chi connectivity index (χ1v) is 9.99. The number of Topliss-reactive ketones (excluding diaryl/α,β-unsaturated/α-hetero) is 2. The van der Waals surface area contributed by atoms with Gasteiger partial charge in [0.05, 0.1) is 10.6 Å². The lowest BCUT2D eigenvalue weighted by molar-refractivity contribution is -0.144. The van der Waals surface area contributed by atoms with Crippen LogP contribution in [0.2, 0.25) is 0 Å². The van der Waals surface area contributed by atoms with E-state index in [-0.39, 0.29) is 36.1 Å². The molecule has 4 rings (SSSR count). The summed E-state index contributed by atoms with van der Waals surface area (Å²) in [7, 11) is 0. The van der Waals surface area contributed by atoms with Crippen LogP contribution in [-0.2, 0) is 16.0 Å². The Morgan fingerprint density at radius 2 is 1.90 bits per heavy atom. The Morgan fingerprint density at radius 1 is 1.23 bits per heavy atom. The van der Waals surface area contributed by atoms with E-state index >= 15 is 0 Å². The molecule has 3 atom stereocenters. The van der Waals surface area contributed by atoms with Gasteiger partial charge in [-0.1, -0.05) is 12.2 Å². The number of nitrogens with one attached hydrogen (secondary N) is 1. The van der Waals surface area contributed by atoms with Crippen molar-refractivity contribution in [3.63, 3.8) is 0 Å². The van der Waals surface area contributed by atoms with Crippen molar-refractivity contribution >= 4 is 40.4 Å². The number of ketones is 2. The number of phenols is 1. The first kappa shape index (κ1) is 21.0. The number of rotatable bonds is 2. The number of primary amides is 1. The van der Waals surface area contributed by atoms with Gasteiger partial charge in [-0.05, 0) is 43.4 Å². The Morgan fingerprint density at radius 3 is 2.52 bits per heavy atom. The predicted molar refractivity (Wildman–Crippen MR) is 113 cm³/mol. The molecule has 0 spiro atoms. The van der Waals surface area contributed by atoms with Gasteiger partial charge in [0, 0.05) is 23.6 Å². The average molecular weight is 444 g/mol. The third kappa shape index (κ3) is 2.86. The summed E-state index contributed by atoms with van der Waals surface area (Å²) >= 11 is 5.08. The monoisotopic (exact) mass is 444 g/mol. The van der Waals surface area contributed by atoms with Crippen molar-refractivity contribution in [2.45, 2.75) is 31.8 Å². The van der Waals surface area contributed by atoms with Gasteiger partial charge in [0.2, 0.25) is 5.78 Å². The third-order valence-electron chi connectivity index (χ3n) is 6.26. The highest BCUT2D eigenvalue weighted by atomic mass is 32.1. The van der Waals surface area contributed by atoms with Gasteiger partial charge in [-0.2, -0.15) is 0 Å². The molecule has 162 valence electrons. The molecule has 0 saturated heterocycles. The molecule has 31 heavy (non-hydrogen) atoms. The van der Waals surface area contributed by atoms with E-state index in [1.54, 1.807) is 13.0 Å². The summed E-state index contributed by atoms with van der Waals surface area (Å²) in [4.78, 5) is 38.3. The second-order valence-electron chi connectivity index (χ2n) is 8.08. The fraction of sp³-hybridized carbons (Fsp3) is 0.333. The molecule has 10 heteroatoms. The number of thiocarbonyl (C=S) groups is 1. The Bertz CT molecular complexity index is 1150. The molecule has 2 unspecified atom stereocenters. The standard InChI is InChI=1S/C21H20N2O7S/c1-7(31)23-11-2-3-12(24)15-10(11)5-8-4-9-6-13(25)16(20(22)29)19(28)21(9,30)18(27)14(8)17(15)26/h2-3,8-9,24-25,27,30H,4-6H2,1H3,(H2,22,29)(H,23,31)/t8?,9?,21-/m0/s1. The molecule has 0 saturated carbocycles. The largest absolute Gasteiger partial charge is 0.511 e. The number of phenolic OH excluding ortho intramolecular Hbond substituents is 1. The summed E-state index contributed by atoms with van der Waals surface area (Å²) in [6.07, 6.45) is 0.0297. The van der Waals surface area contributed by atoms with Crippen molar-refractivity contribution in [2.24, 2.45) is 17.6 Å². The SMILES string of the molecule is CC(=S)Nc1ccc(O)c2c1CC1CC3CC(O)=C(C(N)=O)C(=O)[C@@]3(O)C(O)=C1C2=O. The highest BCUT2D eigenvalue weighted by Crippen LogP contribution is 2.52. The molecule has 3 aliphatic rings. The fourth-order valence-corrected chi connectivity index (χ4v) is 5.04. The Kier molecular flexibility index (Phi) is 4.67. The van der Waals surface area contributed by atoms with E-state index in [0.29, 0.717) is 16.2 Å². The predicted octanol–water partition coefficient (Wildman–Crippen LogP) is 1.34. The maximum absolute atomic E-state index is 13.3. The summed E-state index contributed by atoms with van der Waals surface area (Å²) in [6, 6.07) is 2.90. The zero-order chi connectivity index (χ0) is 22.8. The number of aliphatic hydroxyl groups excluding tert-OH is 2. The molecule has 9 nitrogen and oxygen atoms in total. The number of amides is 1. The summed E-state index contributed by atoms with van der Waals surface area (Å²) in [5.41, 5.74) is 2.59. The van der Waals surface area contributed by atoms with Crippen molar-refractivity contribution in [1.29, 1.82) is 0 Å². The molecule has 0 aliphatic heterocycles. The van der Waals surface area contributed by atoms with E-state index in [1.807, 2.05) is 0 Å². The number of hydrogen-bond acceptors (Lipinski definition) is 8. The minimum absolute atomic E-state index is 0.0575. The maximum Gasteiger partial charge on any atom is 0.255 e. The Labute approximate surface area is 181 Å². The first-order chi connectivity index (χ1) is 14.5. The van der Waals surface area contributed by atoms with Crippen LogP contribution < -0.4 is 11.1 Å². The van der Waals surface area contributed by atoms with Gasteiger partial charge in [-0.25, -0.2) is 0 Å². The molecule has 7 N–H and O–H groups in total. The van der Waals surface area contributed by atoms with Gasteiger partial charge in [-0.15, -0.1) is 0 Å². The number of carbonyl (C=O) groups excluding carboxylic acids is 3. The van der Waals surface area contributed by atoms with Gasteiger partial charge in [0.15, 0.2) is 11.4 Å². The topological polar surface area (TPSA) is 170 Å². The van der Waals surface area contributed by atoms with Crippen molar-refractivity contribution in [2.75, 3.05) is 5.32 Å². The Hall–Kier alpha value is -3.24. The molecule has 1 aromatic carbocycles. The summed E-state index contributed by atoms with van der Waals surface area (Å²) in [6.45, 7) is 1.66. The molecule has 0 radical (unpaired) electrons. The smallest absolute Gasteiger partial charge is 0.255 e. The summed E-state index contributed by atoms with van der Waals surface area (Å²) in [5.74, 6) is -6.50. The lowest BCUT2D eigenvalue weighted by Crippen LogP contribution is -2.57. The third-order valence-corrected chi connectivity index (χ3v) is 6.36. The van der Waals surface area contributed by atoms with Crippen molar-refractivity contribution < 1.29 is 34.8 Å². The number of anilines is 1. The van der Waals surface area contributed by atoms with E-state index in [1.165, 1.54) is 6.07 Å². The van der Waals surface area contributed by atoms with E-state index in [0.717, 1.165) is 0 Å². The van der Waals surface area contributed by atoms with E-state index < -0.39 is 52.0 Å². The number of carbonyl (C=O) groups is 3. The van der Waals surface area contributed by atoms with Crippen LogP contribution in [0, 0.1) is 11.8 Å². The molecule has 3 aliphatic carbocycles. The van der Waals surface area contributed by atoms with Gasteiger partial charge in [-0.3, -0.25) is 14.4 Å². The molecular formula is C21H20N2O7S. The quantitative estimate of drug-likeness (QED) is 0.224. The van der Waals surface area contributed by atoms with E-state index in [2.05, 4.69) is 5.32 Å². The number of aliphatic hydroxyl groups is 3. The molecule has 0 aromatic heterocycles. The summed E-state index contributed by atoms with van der Waals surface area (Å²) in [5, 5.41) is 45.6. The van der Waals surface area contributed by atoms with Crippen LogP contribution in [0.4, 0.5) is 5.69 Å². The van der Waals surface area contributed by atoms with Crippen LogP contribution in [-0.4, -0.2) is 48.5 Å². The molecule has 0 bridgehead atoms. The highest BCUT2D eigenvalue weighted by Gasteiger charge is 2.59. The minimum Gasteiger partial charge on any atom is -0.511 e. The van der Waals surface area contributed by atoms with E-state index in [4.69, 9.17) is 18.0 Å². The number of hydrogen-bond donors (Lipinski definition) is 6. The van der Waals surface area contributed by atoms with E-state index in [9.17, 15) is 34.8 Å². The number of benzene rings is 1.